The highest BCUT2D eigenvalue weighted by Gasteiger charge is 2.21. The summed E-state index contributed by atoms with van der Waals surface area (Å²) in [7, 11) is 6.12. The van der Waals surface area contributed by atoms with Crippen molar-refractivity contribution < 1.29 is 4.39 Å². The van der Waals surface area contributed by atoms with Crippen LogP contribution in [0.25, 0.3) is 44.6 Å². The van der Waals surface area contributed by atoms with Gasteiger partial charge in [-0.05, 0) is 44.9 Å². The van der Waals surface area contributed by atoms with Crippen LogP contribution in [0.4, 0.5) is 10.2 Å². The van der Waals surface area contributed by atoms with Crippen LogP contribution in [0.2, 0.25) is 0 Å². The van der Waals surface area contributed by atoms with Crippen LogP contribution in [0.5, 0.6) is 0 Å². The van der Waals surface area contributed by atoms with Crippen LogP contribution in [0, 0.1) is 5.82 Å². The molecular formula is C26H28FN9. The predicted molar refractivity (Wildman–Crippen MR) is 139 cm³/mol. The van der Waals surface area contributed by atoms with Gasteiger partial charge in [0.1, 0.15) is 17.0 Å². The lowest BCUT2D eigenvalue weighted by Gasteiger charge is -2.33. The van der Waals surface area contributed by atoms with Gasteiger partial charge in [-0.2, -0.15) is 5.10 Å². The number of nitrogens with zero attached hydrogens (tertiary/aromatic N) is 7. The summed E-state index contributed by atoms with van der Waals surface area (Å²) in [5, 5.41) is 8.25. The molecule has 1 aliphatic heterocycles. The highest BCUT2D eigenvalue weighted by Crippen LogP contribution is 2.33. The Morgan fingerprint density at radius 2 is 1.89 bits per heavy atom. The minimum absolute atomic E-state index is 0.326. The number of hydrogen-bond acceptors (Lipinski definition) is 7. The number of likely N-dealkylation sites (N-methyl/N-ethyl adjacent to an activating group) is 1. The van der Waals surface area contributed by atoms with Gasteiger partial charge in [0.2, 0.25) is 0 Å². The van der Waals surface area contributed by atoms with Gasteiger partial charge in [-0.3, -0.25) is 10.1 Å². The molecule has 0 atom stereocenters. The van der Waals surface area contributed by atoms with Crippen molar-refractivity contribution in [2.45, 2.75) is 6.54 Å². The molecule has 0 unspecified atom stereocenters. The maximum absolute atomic E-state index is 15.1. The number of nitrogens with one attached hydrogen (secondary N) is 2. The topological polar surface area (TPSA) is 92.9 Å². The number of H-pyrrole nitrogens is 2. The van der Waals surface area contributed by atoms with Gasteiger partial charge in [-0.25, -0.2) is 14.4 Å². The van der Waals surface area contributed by atoms with E-state index in [0.717, 1.165) is 66.1 Å². The monoisotopic (exact) mass is 485 g/mol. The number of benzene rings is 1. The molecule has 1 saturated heterocycles. The molecule has 2 N–H and O–H groups in total. The van der Waals surface area contributed by atoms with E-state index >= 15 is 4.39 Å². The number of hydrogen-bond donors (Lipinski definition) is 2. The first-order valence-corrected chi connectivity index (χ1v) is 12.0. The smallest absolute Gasteiger partial charge is 0.159 e. The molecule has 6 rings (SSSR count). The second-order valence-corrected chi connectivity index (χ2v) is 9.68. The standard InChI is InChI=1S/C26H28FN9/c1-34(2)15-16-10-17(14-28-13-16)18-11-19-22(12-20(18)27)32-33-23(19)25-30-21-4-5-29-26(24(21)31-25)36-8-6-35(3)7-9-36/h4-5,10-14H,6-9,15H2,1-3H3,(H,30,31)(H,32,33). The van der Waals surface area contributed by atoms with Crippen LogP contribution >= 0.6 is 0 Å². The van der Waals surface area contributed by atoms with E-state index in [-0.39, 0.29) is 5.82 Å². The highest BCUT2D eigenvalue weighted by molar-refractivity contribution is 5.97. The first kappa shape index (κ1) is 22.6. The van der Waals surface area contributed by atoms with E-state index < -0.39 is 0 Å². The number of fused-ring (bicyclic) bond motifs is 2. The molecule has 184 valence electrons. The predicted octanol–water partition coefficient (Wildman–Crippen LogP) is 3.52. The van der Waals surface area contributed by atoms with Gasteiger partial charge in [0.15, 0.2) is 11.6 Å². The molecule has 36 heavy (non-hydrogen) atoms. The third-order valence-electron chi connectivity index (χ3n) is 6.66. The molecule has 0 spiro atoms. The molecule has 5 heterocycles. The number of aromatic amines is 2. The summed E-state index contributed by atoms with van der Waals surface area (Å²) in [6.45, 7) is 4.50. The minimum Gasteiger partial charge on any atom is -0.352 e. The fourth-order valence-corrected chi connectivity index (χ4v) is 4.81. The molecule has 0 bridgehead atoms. The molecule has 1 aliphatic rings. The van der Waals surface area contributed by atoms with E-state index in [1.54, 1.807) is 6.20 Å². The normalized spacial score (nSPS) is 15.0. The van der Waals surface area contributed by atoms with Crippen molar-refractivity contribution in [2.24, 2.45) is 0 Å². The number of halogens is 1. The summed E-state index contributed by atoms with van der Waals surface area (Å²) in [6, 6.07) is 7.21. The van der Waals surface area contributed by atoms with Crippen molar-refractivity contribution in [1.29, 1.82) is 0 Å². The lowest BCUT2D eigenvalue weighted by Crippen LogP contribution is -2.44. The van der Waals surface area contributed by atoms with Crippen LogP contribution in [0.15, 0.2) is 42.9 Å². The van der Waals surface area contributed by atoms with Gasteiger partial charge in [0, 0.05) is 73.9 Å². The fraction of sp³-hybridized carbons (Fsp3) is 0.308. The molecular weight excluding hydrogens is 457 g/mol. The van der Waals surface area contributed by atoms with E-state index in [1.807, 2.05) is 44.7 Å². The van der Waals surface area contributed by atoms with Gasteiger partial charge >= 0.3 is 0 Å². The average Bonchev–Trinajstić information content (AvgIpc) is 3.47. The summed E-state index contributed by atoms with van der Waals surface area (Å²) >= 11 is 0. The summed E-state index contributed by atoms with van der Waals surface area (Å²) < 4.78 is 15.1. The van der Waals surface area contributed by atoms with Gasteiger partial charge < -0.3 is 19.7 Å². The third kappa shape index (κ3) is 4.08. The van der Waals surface area contributed by atoms with Gasteiger partial charge in [0.05, 0.1) is 11.0 Å². The van der Waals surface area contributed by atoms with Crippen LogP contribution in [-0.2, 0) is 6.54 Å². The largest absolute Gasteiger partial charge is 0.352 e. The van der Waals surface area contributed by atoms with Crippen molar-refractivity contribution in [2.75, 3.05) is 52.2 Å². The summed E-state index contributed by atoms with van der Waals surface area (Å²) in [5.41, 5.74) is 5.20. The third-order valence-corrected chi connectivity index (χ3v) is 6.66. The fourth-order valence-electron chi connectivity index (χ4n) is 4.81. The Kier molecular flexibility index (Phi) is 5.62. The lowest BCUT2D eigenvalue weighted by atomic mass is 10.0. The molecule has 9 nitrogen and oxygen atoms in total. The van der Waals surface area contributed by atoms with E-state index in [9.17, 15) is 0 Å². The first-order chi connectivity index (χ1) is 17.5. The summed E-state index contributed by atoms with van der Waals surface area (Å²) in [4.78, 5) is 23.9. The van der Waals surface area contributed by atoms with Crippen LogP contribution in [0.3, 0.4) is 0 Å². The maximum Gasteiger partial charge on any atom is 0.159 e. The number of imidazole rings is 1. The first-order valence-electron chi connectivity index (χ1n) is 12.0. The molecule has 0 aliphatic carbocycles. The molecule has 1 aromatic carbocycles. The number of anilines is 1. The van der Waals surface area contributed by atoms with Crippen molar-refractivity contribution in [3.8, 4) is 22.6 Å². The van der Waals surface area contributed by atoms with Gasteiger partial charge in [-0.1, -0.05) is 0 Å². The second-order valence-electron chi connectivity index (χ2n) is 9.68. The number of piperazine rings is 1. The molecule has 0 amide bonds. The van der Waals surface area contributed by atoms with Crippen molar-refractivity contribution in [3.63, 3.8) is 0 Å². The number of pyridine rings is 2. The van der Waals surface area contributed by atoms with Crippen molar-refractivity contribution >= 4 is 27.8 Å². The van der Waals surface area contributed by atoms with E-state index in [1.165, 1.54) is 6.07 Å². The maximum atomic E-state index is 15.1. The van der Waals surface area contributed by atoms with Gasteiger partial charge in [-0.15, -0.1) is 0 Å². The van der Waals surface area contributed by atoms with Crippen LogP contribution in [0.1, 0.15) is 5.56 Å². The van der Waals surface area contributed by atoms with Crippen molar-refractivity contribution in [1.82, 2.24) is 39.9 Å². The molecule has 4 aromatic heterocycles. The Bertz CT molecular complexity index is 1550. The summed E-state index contributed by atoms with van der Waals surface area (Å²) in [5.74, 6) is 1.17. The highest BCUT2D eigenvalue weighted by atomic mass is 19.1. The molecule has 0 saturated carbocycles. The van der Waals surface area contributed by atoms with E-state index in [0.29, 0.717) is 22.6 Å². The Labute approximate surface area is 208 Å². The molecule has 10 heteroatoms. The Morgan fingerprint density at radius 1 is 1.06 bits per heavy atom. The zero-order valence-corrected chi connectivity index (χ0v) is 20.6. The van der Waals surface area contributed by atoms with Crippen molar-refractivity contribution in [3.05, 3.63) is 54.2 Å². The average molecular weight is 486 g/mol. The number of aromatic nitrogens is 6. The summed E-state index contributed by atoms with van der Waals surface area (Å²) in [6.07, 6.45) is 5.31. The lowest BCUT2D eigenvalue weighted by molar-refractivity contribution is 0.312. The Balaban J connectivity index is 1.42. The van der Waals surface area contributed by atoms with E-state index in [4.69, 9.17) is 4.98 Å². The minimum atomic E-state index is -0.326. The second kappa shape index (κ2) is 8.96. The van der Waals surface area contributed by atoms with Crippen LogP contribution < -0.4 is 4.90 Å². The Hall–Kier alpha value is -3.89. The molecule has 1 fully saturated rings. The SMILES string of the molecule is CN(C)Cc1cncc(-c2cc3c(-c4nc5c(N6CCN(C)CC6)nccc5[nH]4)n[nH]c3cc2F)c1. The molecule has 0 radical (unpaired) electrons. The van der Waals surface area contributed by atoms with E-state index in [2.05, 4.69) is 46.9 Å². The van der Waals surface area contributed by atoms with Crippen LogP contribution in [-0.4, -0.2) is 87.3 Å². The zero-order chi connectivity index (χ0) is 24.8. The quantitative estimate of drug-likeness (QED) is 0.394. The zero-order valence-electron chi connectivity index (χ0n) is 20.6. The van der Waals surface area contributed by atoms with Gasteiger partial charge in [0.25, 0.3) is 0 Å². The Morgan fingerprint density at radius 3 is 2.69 bits per heavy atom. The molecule has 5 aromatic rings. The number of rotatable bonds is 5.